The van der Waals surface area contributed by atoms with Gasteiger partial charge < -0.3 is 13.8 Å². The third-order valence-corrected chi connectivity index (χ3v) is 4.45. The summed E-state index contributed by atoms with van der Waals surface area (Å²) >= 11 is 0. The lowest BCUT2D eigenvalue weighted by atomic mass is 10.2. The summed E-state index contributed by atoms with van der Waals surface area (Å²) in [6.07, 6.45) is 5.73. The van der Waals surface area contributed by atoms with Gasteiger partial charge in [-0.15, -0.1) is 0 Å². The normalized spacial score (nSPS) is 14.8. The van der Waals surface area contributed by atoms with Gasteiger partial charge >= 0.3 is 7.60 Å². The molecule has 4 nitrogen and oxygen atoms in total. The summed E-state index contributed by atoms with van der Waals surface area (Å²) in [6, 6.07) is 0. The second-order valence-electron chi connectivity index (χ2n) is 6.81. The van der Waals surface area contributed by atoms with Crippen molar-refractivity contribution in [1.29, 1.82) is 0 Å². The Labute approximate surface area is 130 Å². The van der Waals surface area contributed by atoms with Gasteiger partial charge in [0.25, 0.3) is 0 Å². The van der Waals surface area contributed by atoms with Gasteiger partial charge in [-0.05, 0) is 61.5 Å². The standard InChI is InChI=1S/C16H31O4P/c1-9-11-12-18-14(10-2)13-21(17,19-15(3,4)5)20-16(6,7)8/h9-11H,12-13H2,1-8H3/b11-9-,14-10-. The SMILES string of the molecule is C/C=C\CO/C(=C\C)CP(=O)(OC(C)(C)C)OC(C)(C)C. The molecule has 0 amide bonds. The van der Waals surface area contributed by atoms with E-state index in [0.29, 0.717) is 12.4 Å². The Morgan fingerprint density at radius 1 is 1.00 bits per heavy atom. The topological polar surface area (TPSA) is 44.8 Å². The van der Waals surface area contributed by atoms with E-state index in [2.05, 4.69) is 0 Å². The first-order valence-corrected chi connectivity index (χ1v) is 9.03. The predicted octanol–water partition coefficient (Wildman–Crippen LogP) is 5.31. The van der Waals surface area contributed by atoms with Crippen molar-refractivity contribution < 1.29 is 18.3 Å². The van der Waals surface area contributed by atoms with Crippen LogP contribution in [-0.4, -0.2) is 24.0 Å². The molecule has 0 N–H and O–H groups in total. The average molecular weight is 318 g/mol. The zero-order valence-corrected chi connectivity index (χ0v) is 15.6. The van der Waals surface area contributed by atoms with Crippen molar-refractivity contribution in [1.82, 2.24) is 0 Å². The molecule has 0 rings (SSSR count). The summed E-state index contributed by atoms with van der Waals surface area (Å²) < 4.78 is 30.1. The third kappa shape index (κ3) is 10.8. The summed E-state index contributed by atoms with van der Waals surface area (Å²) in [5, 5.41) is 0. The van der Waals surface area contributed by atoms with E-state index in [9.17, 15) is 4.57 Å². The molecular weight excluding hydrogens is 287 g/mol. The van der Waals surface area contributed by atoms with Crippen LogP contribution in [-0.2, 0) is 18.3 Å². The van der Waals surface area contributed by atoms with Crippen LogP contribution in [0, 0.1) is 0 Å². The van der Waals surface area contributed by atoms with Crippen molar-refractivity contribution in [3.63, 3.8) is 0 Å². The van der Waals surface area contributed by atoms with E-state index in [1.807, 2.05) is 67.5 Å². The van der Waals surface area contributed by atoms with Crippen LogP contribution < -0.4 is 0 Å². The Kier molecular flexibility index (Phi) is 7.94. The highest BCUT2D eigenvalue weighted by molar-refractivity contribution is 7.54. The van der Waals surface area contributed by atoms with Crippen molar-refractivity contribution in [2.75, 3.05) is 12.8 Å². The van der Waals surface area contributed by atoms with E-state index < -0.39 is 18.8 Å². The maximum atomic E-state index is 13.1. The average Bonchev–Trinajstić information content (AvgIpc) is 2.22. The number of allylic oxidation sites excluding steroid dienone is 3. The van der Waals surface area contributed by atoms with Crippen LogP contribution in [0.4, 0.5) is 0 Å². The second kappa shape index (κ2) is 8.17. The lowest BCUT2D eigenvalue weighted by molar-refractivity contribution is 0.0486. The zero-order valence-electron chi connectivity index (χ0n) is 14.7. The molecular formula is C16H31O4P. The summed E-state index contributed by atoms with van der Waals surface area (Å²) in [7, 11) is -3.30. The Morgan fingerprint density at radius 2 is 1.48 bits per heavy atom. The first-order valence-electron chi connectivity index (χ1n) is 7.30. The molecule has 0 unspecified atom stereocenters. The number of rotatable bonds is 7. The van der Waals surface area contributed by atoms with Crippen LogP contribution in [0.3, 0.4) is 0 Å². The van der Waals surface area contributed by atoms with Crippen molar-refractivity contribution in [3.8, 4) is 0 Å². The molecule has 0 aromatic heterocycles. The molecule has 0 aliphatic rings. The van der Waals surface area contributed by atoms with Crippen molar-refractivity contribution in [2.45, 2.75) is 66.6 Å². The van der Waals surface area contributed by atoms with Crippen molar-refractivity contribution >= 4 is 7.60 Å². The maximum Gasteiger partial charge on any atom is 0.339 e. The highest BCUT2D eigenvalue weighted by Gasteiger charge is 2.36. The van der Waals surface area contributed by atoms with E-state index in [1.54, 1.807) is 6.08 Å². The molecule has 0 spiro atoms. The highest BCUT2D eigenvalue weighted by Crippen LogP contribution is 2.55. The van der Waals surface area contributed by atoms with E-state index in [-0.39, 0.29) is 6.16 Å². The molecule has 0 atom stereocenters. The third-order valence-electron chi connectivity index (χ3n) is 2.10. The lowest BCUT2D eigenvalue weighted by Crippen LogP contribution is -2.25. The molecule has 5 heteroatoms. The van der Waals surface area contributed by atoms with Crippen LogP contribution in [0.2, 0.25) is 0 Å². The molecule has 0 saturated heterocycles. The fourth-order valence-corrected chi connectivity index (χ4v) is 4.07. The summed E-state index contributed by atoms with van der Waals surface area (Å²) in [6.45, 7) is 15.4. The van der Waals surface area contributed by atoms with E-state index >= 15 is 0 Å². The zero-order chi connectivity index (χ0) is 16.7. The molecule has 0 radical (unpaired) electrons. The van der Waals surface area contributed by atoms with Crippen molar-refractivity contribution in [2.24, 2.45) is 0 Å². The Bertz CT molecular complexity index is 391. The first-order chi connectivity index (χ1) is 9.41. The number of hydrogen-bond acceptors (Lipinski definition) is 4. The fraction of sp³-hybridized carbons (Fsp3) is 0.750. The van der Waals surface area contributed by atoms with E-state index in [4.69, 9.17) is 13.8 Å². The molecule has 0 aliphatic heterocycles. The second-order valence-corrected chi connectivity index (χ2v) is 8.71. The Balaban J connectivity index is 5.08. The summed E-state index contributed by atoms with van der Waals surface area (Å²) in [5.74, 6) is 0.616. The minimum Gasteiger partial charge on any atom is -0.494 e. The molecule has 21 heavy (non-hydrogen) atoms. The molecule has 0 aromatic carbocycles. The van der Waals surface area contributed by atoms with Crippen LogP contribution >= 0.6 is 7.60 Å². The first kappa shape index (κ1) is 20.4. The van der Waals surface area contributed by atoms with Gasteiger partial charge in [0.1, 0.15) is 18.5 Å². The molecule has 124 valence electrons. The highest BCUT2D eigenvalue weighted by atomic mass is 31.2. The minimum absolute atomic E-state index is 0.135. The predicted molar refractivity (Wildman–Crippen MR) is 88.7 cm³/mol. The fourth-order valence-electron chi connectivity index (χ4n) is 1.58. The van der Waals surface area contributed by atoms with Gasteiger partial charge in [0, 0.05) is 0 Å². The van der Waals surface area contributed by atoms with Gasteiger partial charge in [0.15, 0.2) is 0 Å². The van der Waals surface area contributed by atoms with Crippen LogP contribution in [0.25, 0.3) is 0 Å². The van der Waals surface area contributed by atoms with Gasteiger partial charge in [-0.25, -0.2) is 0 Å². The Morgan fingerprint density at radius 3 is 1.81 bits per heavy atom. The molecule has 0 fully saturated rings. The van der Waals surface area contributed by atoms with Gasteiger partial charge in [0.05, 0.1) is 11.2 Å². The van der Waals surface area contributed by atoms with Crippen LogP contribution in [0.5, 0.6) is 0 Å². The maximum absolute atomic E-state index is 13.1. The van der Waals surface area contributed by atoms with E-state index in [0.717, 1.165) is 0 Å². The van der Waals surface area contributed by atoms with Crippen LogP contribution in [0.1, 0.15) is 55.4 Å². The summed E-state index contributed by atoms with van der Waals surface area (Å²) in [5.41, 5.74) is -1.11. The van der Waals surface area contributed by atoms with E-state index in [1.165, 1.54) is 0 Å². The van der Waals surface area contributed by atoms with Crippen LogP contribution in [0.15, 0.2) is 24.0 Å². The monoisotopic (exact) mass is 318 g/mol. The number of ether oxygens (including phenoxy) is 1. The smallest absolute Gasteiger partial charge is 0.339 e. The molecule has 0 heterocycles. The van der Waals surface area contributed by atoms with Gasteiger partial charge in [-0.3, -0.25) is 4.57 Å². The number of hydrogen-bond donors (Lipinski definition) is 0. The minimum atomic E-state index is -3.30. The summed E-state index contributed by atoms with van der Waals surface area (Å²) in [4.78, 5) is 0. The van der Waals surface area contributed by atoms with Gasteiger partial charge in [-0.1, -0.05) is 12.2 Å². The molecule has 0 saturated carbocycles. The Hall–Kier alpha value is -0.570. The molecule has 0 aliphatic carbocycles. The largest absolute Gasteiger partial charge is 0.494 e. The lowest BCUT2D eigenvalue weighted by Gasteiger charge is -2.32. The molecule has 0 bridgehead atoms. The molecule has 0 aromatic rings. The quantitative estimate of drug-likeness (QED) is 0.363. The van der Waals surface area contributed by atoms with Crippen molar-refractivity contribution in [3.05, 3.63) is 24.0 Å². The van der Waals surface area contributed by atoms with Gasteiger partial charge in [0.2, 0.25) is 0 Å². The van der Waals surface area contributed by atoms with Gasteiger partial charge in [-0.2, -0.15) is 0 Å².